The van der Waals surface area contributed by atoms with E-state index in [0.29, 0.717) is 28.2 Å². The third-order valence-electron chi connectivity index (χ3n) is 8.22. The molecule has 4 aromatic carbocycles. The van der Waals surface area contributed by atoms with E-state index in [0.717, 1.165) is 45.0 Å². The lowest BCUT2D eigenvalue weighted by Gasteiger charge is -2.36. The maximum Gasteiger partial charge on any atom is 0.339 e. The number of benzene rings is 4. The zero-order valence-electron chi connectivity index (χ0n) is 24.5. The highest BCUT2D eigenvalue weighted by Gasteiger charge is 2.35. The highest BCUT2D eigenvalue weighted by Crippen LogP contribution is 2.45. The first-order valence-electron chi connectivity index (χ1n) is 14.5. The van der Waals surface area contributed by atoms with E-state index in [4.69, 9.17) is 21.3 Å². The molecule has 1 aliphatic carbocycles. The Hall–Kier alpha value is -4.48. The molecule has 43 heavy (non-hydrogen) atoms. The van der Waals surface area contributed by atoms with Crippen LogP contribution in [0.15, 0.2) is 91.0 Å². The summed E-state index contributed by atoms with van der Waals surface area (Å²) >= 11 is 6.15. The standard InChI is InChI=1S/C37H33ClN2O3/c1-37(2,3)27-19-26(18-23-12-15-28(38)16-13-23)35-31(21-27)34(30-10-6-7-11-32(30)40-35)36(42)43-22-33(41)39-29-17-14-24-8-4-5-9-25(24)20-29/h4-18,20,27H,19,21-22H2,1-3H3,(H,39,41)/b26-18+. The molecule has 5 nitrogen and oxygen atoms in total. The molecule has 1 N–H and O–H groups in total. The van der Waals surface area contributed by atoms with E-state index in [1.165, 1.54) is 0 Å². The molecule has 1 unspecified atom stereocenters. The van der Waals surface area contributed by atoms with Crippen LogP contribution in [0.4, 0.5) is 5.69 Å². The largest absolute Gasteiger partial charge is 0.452 e. The number of fused-ring (bicyclic) bond motifs is 3. The molecule has 1 amide bonds. The Morgan fingerprint density at radius 1 is 0.930 bits per heavy atom. The summed E-state index contributed by atoms with van der Waals surface area (Å²) in [5, 5.41) is 6.36. The average molecular weight is 589 g/mol. The number of rotatable bonds is 5. The van der Waals surface area contributed by atoms with Gasteiger partial charge >= 0.3 is 5.97 Å². The molecule has 0 saturated carbocycles. The number of nitrogens with one attached hydrogen (secondary N) is 1. The van der Waals surface area contributed by atoms with Gasteiger partial charge in [0.15, 0.2) is 6.61 Å². The molecule has 0 bridgehead atoms. The summed E-state index contributed by atoms with van der Waals surface area (Å²) in [6, 6.07) is 29.0. The fourth-order valence-corrected chi connectivity index (χ4v) is 5.92. The number of hydrogen-bond donors (Lipinski definition) is 1. The Kier molecular flexibility index (Phi) is 7.76. The first-order chi connectivity index (χ1) is 20.7. The van der Waals surface area contributed by atoms with Crippen molar-refractivity contribution in [1.82, 2.24) is 4.98 Å². The molecule has 0 aliphatic heterocycles. The lowest BCUT2D eigenvalue weighted by atomic mass is 9.69. The third-order valence-corrected chi connectivity index (χ3v) is 8.47. The molecule has 6 heteroatoms. The normalized spacial score (nSPS) is 15.8. The van der Waals surface area contributed by atoms with Crippen LogP contribution < -0.4 is 5.32 Å². The summed E-state index contributed by atoms with van der Waals surface area (Å²) in [5.41, 5.74) is 5.59. The Morgan fingerprint density at radius 3 is 2.42 bits per heavy atom. The van der Waals surface area contributed by atoms with Crippen molar-refractivity contribution in [2.75, 3.05) is 11.9 Å². The summed E-state index contributed by atoms with van der Waals surface area (Å²) in [4.78, 5) is 31.8. The summed E-state index contributed by atoms with van der Waals surface area (Å²) in [6.07, 6.45) is 3.65. The van der Waals surface area contributed by atoms with E-state index in [1.807, 2.05) is 91.0 Å². The third kappa shape index (κ3) is 6.18. The monoisotopic (exact) mass is 588 g/mol. The molecule has 1 atom stereocenters. The predicted molar refractivity (Wildman–Crippen MR) is 175 cm³/mol. The van der Waals surface area contributed by atoms with E-state index < -0.39 is 18.5 Å². The predicted octanol–water partition coefficient (Wildman–Crippen LogP) is 8.99. The number of carbonyl (C=O) groups is 2. The van der Waals surface area contributed by atoms with E-state index in [9.17, 15) is 9.59 Å². The first kappa shape index (κ1) is 28.6. The van der Waals surface area contributed by atoms with Gasteiger partial charge in [-0.25, -0.2) is 9.78 Å². The molecule has 0 spiro atoms. The first-order valence-corrected chi connectivity index (χ1v) is 14.9. The van der Waals surface area contributed by atoms with Gasteiger partial charge in [0.2, 0.25) is 0 Å². The van der Waals surface area contributed by atoms with Crippen molar-refractivity contribution in [3.63, 3.8) is 0 Å². The SMILES string of the molecule is CC(C)(C)C1C/C(=C\c2ccc(Cl)cc2)c2nc3ccccc3c(C(=O)OCC(=O)Nc3ccc4ccccc4c3)c2C1. The number of pyridine rings is 1. The van der Waals surface area contributed by atoms with Crippen LogP contribution in [0.1, 0.15) is 54.4 Å². The van der Waals surface area contributed by atoms with Crippen LogP contribution in [-0.4, -0.2) is 23.5 Å². The van der Waals surface area contributed by atoms with Crippen molar-refractivity contribution in [1.29, 1.82) is 0 Å². The molecule has 6 rings (SSSR count). The van der Waals surface area contributed by atoms with Crippen molar-refractivity contribution < 1.29 is 14.3 Å². The number of nitrogens with zero attached hydrogens (tertiary/aromatic N) is 1. The number of hydrogen-bond acceptors (Lipinski definition) is 4. The minimum Gasteiger partial charge on any atom is -0.452 e. The van der Waals surface area contributed by atoms with Crippen LogP contribution >= 0.6 is 11.6 Å². The Labute approximate surface area is 256 Å². The molecule has 1 aliphatic rings. The van der Waals surface area contributed by atoms with Crippen LogP contribution in [0.2, 0.25) is 5.02 Å². The number of esters is 1. The van der Waals surface area contributed by atoms with Crippen molar-refractivity contribution in [2.24, 2.45) is 11.3 Å². The van der Waals surface area contributed by atoms with Gasteiger partial charge < -0.3 is 10.1 Å². The summed E-state index contributed by atoms with van der Waals surface area (Å²) in [7, 11) is 0. The summed E-state index contributed by atoms with van der Waals surface area (Å²) < 4.78 is 5.70. The molecule has 0 radical (unpaired) electrons. The molecular weight excluding hydrogens is 556 g/mol. The average Bonchev–Trinajstić information content (AvgIpc) is 2.99. The summed E-state index contributed by atoms with van der Waals surface area (Å²) in [5.74, 6) is -0.653. The van der Waals surface area contributed by atoms with Crippen LogP contribution in [0, 0.1) is 11.3 Å². The zero-order chi connectivity index (χ0) is 30.1. The van der Waals surface area contributed by atoms with E-state index in [2.05, 4.69) is 32.2 Å². The van der Waals surface area contributed by atoms with Gasteiger partial charge in [-0.05, 0) is 88.1 Å². The van der Waals surface area contributed by atoms with Crippen molar-refractivity contribution in [2.45, 2.75) is 33.6 Å². The van der Waals surface area contributed by atoms with Gasteiger partial charge in [0.1, 0.15) is 0 Å². The van der Waals surface area contributed by atoms with Crippen LogP contribution in [0.3, 0.4) is 0 Å². The number of anilines is 1. The number of carbonyl (C=O) groups excluding carboxylic acids is 2. The van der Waals surface area contributed by atoms with Gasteiger partial charge in [0.25, 0.3) is 5.91 Å². The van der Waals surface area contributed by atoms with Crippen LogP contribution in [-0.2, 0) is 16.0 Å². The Balaban J connectivity index is 1.34. The Bertz CT molecular complexity index is 1890. The maximum absolute atomic E-state index is 13.9. The van der Waals surface area contributed by atoms with E-state index in [1.54, 1.807) is 0 Å². The number of amides is 1. The number of ether oxygens (including phenoxy) is 1. The van der Waals surface area contributed by atoms with Crippen LogP contribution in [0.25, 0.3) is 33.3 Å². The second kappa shape index (κ2) is 11.7. The lowest BCUT2D eigenvalue weighted by Crippen LogP contribution is -2.29. The quantitative estimate of drug-likeness (QED) is 0.208. The van der Waals surface area contributed by atoms with Gasteiger partial charge in [0.05, 0.1) is 16.8 Å². The van der Waals surface area contributed by atoms with Gasteiger partial charge in [-0.3, -0.25) is 4.79 Å². The van der Waals surface area contributed by atoms with E-state index in [-0.39, 0.29) is 11.3 Å². The fraction of sp³-hybridized carbons (Fsp3) is 0.216. The molecule has 216 valence electrons. The van der Waals surface area contributed by atoms with Gasteiger partial charge in [-0.2, -0.15) is 0 Å². The zero-order valence-corrected chi connectivity index (χ0v) is 25.2. The molecule has 0 fully saturated rings. The van der Waals surface area contributed by atoms with Crippen molar-refractivity contribution in [3.8, 4) is 0 Å². The number of halogens is 1. The van der Waals surface area contributed by atoms with Gasteiger partial charge in [0, 0.05) is 16.1 Å². The minimum atomic E-state index is -0.524. The molecular formula is C37H33ClN2O3. The fourth-order valence-electron chi connectivity index (χ4n) is 5.80. The minimum absolute atomic E-state index is 0.0106. The molecule has 0 saturated heterocycles. The number of allylic oxidation sites excluding steroid dienone is 1. The van der Waals surface area contributed by atoms with Gasteiger partial charge in [-0.15, -0.1) is 0 Å². The Morgan fingerprint density at radius 2 is 1.65 bits per heavy atom. The summed E-state index contributed by atoms with van der Waals surface area (Å²) in [6.45, 7) is 6.29. The molecule has 1 aromatic heterocycles. The van der Waals surface area contributed by atoms with Crippen molar-refractivity contribution >= 4 is 62.5 Å². The molecule has 1 heterocycles. The van der Waals surface area contributed by atoms with Gasteiger partial charge in [-0.1, -0.05) is 93.0 Å². The van der Waals surface area contributed by atoms with E-state index >= 15 is 0 Å². The second-order valence-corrected chi connectivity index (χ2v) is 12.6. The highest BCUT2D eigenvalue weighted by molar-refractivity contribution is 6.30. The number of aromatic nitrogens is 1. The molecule has 5 aromatic rings. The highest BCUT2D eigenvalue weighted by atomic mass is 35.5. The number of para-hydroxylation sites is 1. The topological polar surface area (TPSA) is 68.3 Å². The lowest BCUT2D eigenvalue weighted by molar-refractivity contribution is -0.119. The maximum atomic E-state index is 13.9. The smallest absolute Gasteiger partial charge is 0.339 e. The van der Waals surface area contributed by atoms with Crippen LogP contribution in [0.5, 0.6) is 0 Å². The second-order valence-electron chi connectivity index (χ2n) is 12.2. The van der Waals surface area contributed by atoms with Crippen molar-refractivity contribution in [3.05, 3.63) is 118 Å².